The second kappa shape index (κ2) is 7.99. The summed E-state index contributed by atoms with van der Waals surface area (Å²) in [6.45, 7) is 2.75. The fourth-order valence-electron chi connectivity index (χ4n) is 1.32. The Morgan fingerprint density at radius 2 is 2.00 bits per heavy atom. The van der Waals surface area contributed by atoms with Crippen molar-refractivity contribution < 1.29 is 4.39 Å². The smallest absolute Gasteiger partial charge is 0.0894 e. The fraction of sp³-hybridized carbons (Fsp3) is 1.00. The molecule has 0 aliphatic carbocycles. The first-order valence-electron chi connectivity index (χ1n) is 4.61. The predicted octanol–water partition coefficient (Wildman–Crippen LogP) is 2.50. The maximum absolute atomic E-state index is 11.7. The highest BCUT2D eigenvalue weighted by atomic mass is 19.1. The Morgan fingerprint density at radius 1 is 1.27 bits per heavy atom. The van der Waals surface area contributed by atoms with Crippen molar-refractivity contribution in [1.82, 2.24) is 0 Å². The van der Waals surface area contributed by atoms with Crippen molar-refractivity contribution in [2.75, 3.05) is 13.2 Å². The van der Waals surface area contributed by atoms with Gasteiger partial charge >= 0.3 is 0 Å². The van der Waals surface area contributed by atoms with Crippen molar-refractivity contribution in [3.8, 4) is 0 Å². The van der Waals surface area contributed by atoms with Gasteiger partial charge < -0.3 is 5.73 Å². The molecule has 1 nitrogen and oxygen atoms in total. The second-order valence-electron chi connectivity index (χ2n) is 3.08. The van der Waals surface area contributed by atoms with Gasteiger partial charge in [0.1, 0.15) is 0 Å². The van der Waals surface area contributed by atoms with Crippen LogP contribution in [0.1, 0.15) is 39.0 Å². The molecule has 0 saturated heterocycles. The third kappa shape index (κ3) is 6.29. The van der Waals surface area contributed by atoms with Crippen LogP contribution in [0, 0.1) is 5.92 Å². The molecule has 0 spiro atoms. The van der Waals surface area contributed by atoms with E-state index in [-0.39, 0.29) is 6.67 Å². The first-order chi connectivity index (χ1) is 5.35. The highest BCUT2D eigenvalue weighted by molar-refractivity contribution is 4.59. The molecule has 0 saturated carbocycles. The van der Waals surface area contributed by atoms with E-state index in [1.807, 2.05) is 0 Å². The van der Waals surface area contributed by atoms with E-state index >= 15 is 0 Å². The molecule has 68 valence electrons. The minimum absolute atomic E-state index is 0.177. The predicted molar refractivity (Wildman–Crippen MR) is 47.3 cm³/mol. The summed E-state index contributed by atoms with van der Waals surface area (Å²) in [7, 11) is 0. The van der Waals surface area contributed by atoms with Crippen molar-refractivity contribution >= 4 is 0 Å². The molecule has 0 aromatic heterocycles. The number of nitrogens with two attached hydrogens (primary N) is 1. The molecule has 1 unspecified atom stereocenters. The first-order valence-corrected chi connectivity index (χ1v) is 4.61. The lowest BCUT2D eigenvalue weighted by atomic mass is 9.97. The number of rotatable bonds is 7. The van der Waals surface area contributed by atoms with Crippen LogP contribution in [0.5, 0.6) is 0 Å². The Balaban J connectivity index is 3.20. The molecule has 0 aromatic carbocycles. The Kier molecular flexibility index (Phi) is 7.91. The van der Waals surface area contributed by atoms with E-state index in [2.05, 4.69) is 6.92 Å². The molecule has 0 aliphatic heterocycles. The molecular formula is C9H20FN. The summed E-state index contributed by atoms with van der Waals surface area (Å²) in [5.74, 6) is 0.631. The van der Waals surface area contributed by atoms with E-state index in [9.17, 15) is 4.39 Å². The van der Waals surface area contributed by atoms with Crippen molar-refractivity contribution in [2.24, 2.45) is 11.7 Å². The minimum atomic E-state index is -0.177. The molecular weight excluding hydrogens is 141 g/mol. The normalized spacial score (nSPS) is 13.4. The van der Waals surface area contributed by atoms with Crippen LogP contribution in [0.15, 0.2) is 0 Å². The monoisotopic (exact) mass is 161 g/mol. The summed E-state index contributed by atoms with van der Waals surface area (Å²) in [5, 5.41) is 0. The zero-order valence-corrected chi connectivity index (χ0v) is 7.48. The third-order valence-corrected chi connectivity index (χ3v) is 2.03. The van der Waals surface area contributed by atoms with Crippen molar-refractivity contribution in [2.45, 2.75) is 39.0 Å². The maximum atomic E-state index is 11.7. The lowest BCUT2D eigenvalue weighted by molar-refractivity contribution is 0.400. The van der Waals surface area contributed by atoms with Gasteiger partial charge in [-0.05, 0) is 31.7 Å². The molecule has 0 aromatic rings. The molecule has 0 fully saturated rings. The Morgan fingerprint density at radius 3 is 2.45 bits per heavy atom. The summed E-state index contributed by atoms with van der Waals surface area (Å²) in [4.78, 5) is 0. The number of alkyl halides is 1. The van der Waals surface area contributed by atoms with Gasteiger partial charge in [0.05, 0.1) is 6.67 Å². The van der Waals surface area contributed by atoms with E-state index in [1.54, 1.807) is 0 Å². The van der Waals surface area contributed by atoms with Gasteiger partial charge in [0.25, 0.3) is 0 Å². The van der Waals surface area contributed by atoms with Gasteiger partial charge in [-0.1, -0.05) is 19.8 Å². The van der Waals surface area contributed by atoms with Gasteiger partial charge in [-0.25, -0.2) is 0 Å². The second-order valence-corrected chi connectivity index (χ2v) is 3.08. The minimum Gasteiger partial charge on any atom is -0.330 e. The highest BCUT2D eigenvalue weighted by Gasteiger charge is 2.03. The lowest BCUT2D eigenvalue weighted by Gasteiger charge is -2.11. The number of unbranched alkanes of at least 4 members (excludes halogenated alkanes) is 1. The molecule has 0 aliphatic rings. The van der Waals surface area contributed by atoms with Gasteiger partial charge in [-0.2, -0.15) is 0 Å². The van der Waals surface area contributed by atoms with Crippen LogP contribution < -0.4 is 5.73 Å². The summed E-state index contributed by atoms with van der Waals surface area (Å²) in [6.07, 6.45) is 5.20. The van der Waals surface area contributed by atoms with Crippen LogP contribution in [0.2, 0.25) is 0 Å². The molecule has 0 bridgehead atoms. The molecule has 0 radical (unpaired) electrons. The van der Waals surface area contributed by atoms with Gasteiger partial charge in [0.2, 0.25) is 0 Å². The van der Waals surface area contributed by atoms with Crippen LogP contribution in [0.25, 0.3) is 0 Å². The summed E-state index contributed by atoms with van der Waals surface area (Å²) in [5.41, 5.74) is 5.55. The third-order valence-electron chi connectivity index (χ3n) is 2.03. The number of halogens is 1. The topological polar surface area (TPSA) is 26.0 Å². The Labute approximate surface area is 69.2 Å². The van der Waals surface area contributed by atoms with E-state index < -0.39 is 0 Å². The quantitative estimate of drug-likeness (QED) is 0.570. The standard InChI is InChI=1S/C9H20FN/c1-2-5-9(8-11)6-3-4-7-10/h9H,2-8,11H2,1H3. The molecule has 2 N–H and O–H groups in total. The van der Waals surface area contributed by atoms with Crippen LogP contribution in [0.4, 0.5) is 4.39 Å². The molecule has 0 amide bonds. The number of hydrogen-bond donors (Lipinski definition) is 1. The van der Waals surface area contributed by atoms with Crippen LogP contribution in [-0.2, 0) is 0 Å². The maximum Gasteiger partial charge on any atom is 0.0894 e. The van der Waals surface area contributed by atoms with Gasteiger partial charge in [-0.15, -0.1) is 0 Å². The van der Waals surface area contributed by atoms with Crippen LogP contribution in [-0.4, -0.2) is 13.2 Å². The average molecular weight is 161 g/mol. The summed E-state index contributed by atoms with van der Waals surface area (Å²) < 4.78 is 11.7. The molecule has 0 rings (SSSR count). The van der Waals surface area contributed by atoms with Crippen LogP contribution in [0.3, 0.4) is 0 Å². The van der Waals surface area contributed by atoms with E-state index in [4.69, 9.17) is 5.73 Å². The lowest BCUT2D eigenvalue weighted by Crippen LogP contribution is -2.13. The molecule has 11 heavy (non-hydrogen) atoms. The van der Waals surface area contributed by atoms with Gasteiger partial charge in [-0.3, -0.25) is 4.39 Å². The van der Waals surface area contributed by atoms with Crippen molar-refractivity contribution in [3.05, 3.63) is 0 Å². The first kappa shape index (κ1) is 10.9. The van der Waals surface area contributed by atoms with Crippen LogP contribution >= 0.6 is 0 Å². The van der Waals surface area contributed by atoms with E-state index in [1.165, 1.54) is 12.8 Å². The number of hydrogen-bond acceptors (Lipinski definition) is 1. The molecule has 2 heteroatoms. The molecule has 1 atom stereocenters. The fourth-order valence-corrected chi connectivity index (χ4v) is 1.32. The van der Waals surface area contributed by atoms with Gasteiger partial charge in [0, 0.05) is 0 Å². The van der Waals surface area contributed by atoms with Crippen molar-refractivity contribution in [1.29, 1.82) is 0 Å². The largest absolute Gasteiger partial charge is 0.330 e. The summed E-state index contributed by atoms with van der Waals surface area (Å²) in [6, 6.07) is 0. The SMILES string of the molecule is CCCC(CN)CCCCF. The Bertz CT molecular complexity index is 76.0. The zero-order chi connectivity index (χ0) is 8.53. The van der Waals surface area contributed by atoms with Crippen molar-refractivity contribution in [3.63, 3.8) is 0 Å². The van der Waals surface area contributed by atoms with Gasteiger partial charge in [0.15, 0.2) is 0 Å². The Hall–Kier alpha value is -0.110. The molecule has 0 heterocycles. The van der Waals surface area contributed by atoms with E-state index in [0.29, 0.717) is 12.3 Å². The highest BCUT2D eigenvalue weighted by Crippen LogP contribution is 2.12. The summed E-state index contributed by atoms with van der Waals surface area (Å²) >= 11 is 0. The van der Waals surface area contributed by atoms with E-state index in [0.717, 1.165) is 19.4 Å². The zero-order valence-electron chi connectivity index (χ0n) is 7.48. The average Bonchev–Trinajstić information content (AvgIpc) is 2.03.